The van der Waals surface area contributed by atoms with Gasteiger partial charge in [-0.25, -0.2) is 0 Å². The molecule has 0 amide bonds. The molecule has 7 heavy (non-hydrogen) atoms. The number of halogens is 4. The van der Waals surface area contributed by atoms with Crippen molar-refractivity contribution in [3.8, 4) is 0 Å². The van der Waals surface area contributed by atoms with E-state index in [1.807, 2.05) is 0 Å². The van der Waals surface area contributed by atoms with Crippen LogP contribution in [0.3, 0.4) is 0 Å². The maximum Gasteiger partial charge on any atom is 0.202 e. The van der Waals surface area contributed by atoms with E-state index in [0.29, 0.717) is 0 Å². The van der Waals surface area contributed by atoms with Crippen LogP contribution < -0.4 is 5.73 Å². The fourth-order valence-electron chi connectivity index (χ4n) is 0. The van der Waals surface area contributed by atoms with Gasteiger partial charge in [0.25, 0.3) is 0 Å². The van der Waals surface area contributed by atoms with Gasteiger partial charge in [0.2, 0.25) is 3.79 Å². The van der Waals surface area contributed by atoms with E-state index in [2.05, 4.69) is 0 Å². The molecule has 0 aromatic heterocycles. The number of alkyl halides is 3. The van der Waals surface area contributed by atoms with Crippen LogP contribution in [-0.4, -0.2) is 10.3 Å². The lowest BCUT2D eigenvalue weighted by Crippen LogP contribution is -2.17. The zero-order valence-electron chi connectivity index (χ0n) is 3.33. The third kappa shape index (κ3) is 11.0. The molecule has 0 heterocycles. The van der Waals surface area contributed by atoms with Gasteiger partial charge in [-0.15, -0.1) is 12.4 Å². The van der Waals surface area contributed by atoms with E-state index in [-0.39, 0.29) is 19.0 Å². The number of nitrogens with two attached hydrogens (primary N) is 1. The minimum atomic E-state index is -1.26. The summed E-state index contributed by atoms with van der Waals surface area (Å²) in [4.78, 5) is 0. The second-order valence-corrected chi connectivity index (χ2v) is 3.34. The summed E-state index contributed by atoms with van der Waals surface area (Å²) in [6.07, 6.45) is 0. The first-order valence-corrected chi connectivity index (χ1v) is 2.46. The minimum absolute atomic E-state index is 0. The molecule has 0 atom stereocenters. The van der Waals surface area contributed by atoms with Crippen molar-refractivity contribution in [2.75, 3.05) is 6.54 Å². The molecule has 0 saturated heterocycles. The molecule has 0 unspecified atom stereocenters. The Morgan fingerprint density at radius 1 is 1.29 bits per heavy atom. The van der Waals surface area contributed by atoms with E-state index in [0.717, 1.165) is 0 Å². The molecule has 0 rings (SSSR count). The van der Waals surface area contributed by atoms with Crippen molar-refractivity contribution < 1.29 is 0 Å². The Labute approximate surface area is 63.5 Å². The van der Waals surface area contributed by atoms with Gasteiger partial charge in [-0.3, -0.25) is 0 Å². The van der Waals surface area contributed by atoms with Crippen molar-refractivity contribution in [1.29, 1.82) is 0 Å². The molecule has 0 bridgehead atoms. The fourth-order valence-corrected chi connectivity index (χ4v) is 0. The van der Waals surface area contributed by atoms with Crippen LogP contribution in [0.15, 0.2) is 0 Å². The van der Waals surface area contributed by atoms with E-state index in [1.54, 1.807) is 0 Å². The SMILES string of the molecule is Cl.NCC(Cl)(Cl)Cl. The molecule has 2 N–H and O–H groups in total. The molecule has 0 aliphatic heterocycles. The first kappa shape index (κ1) is 11.0. The van der Waals surface area contributed by atoms with Gasteiger partial charge in [0.15, 0.2) is 0 Å². The Morgan fingerprint density at radius 2 is 1.43 bits per heavy atom. The van der Waals surface area contributed by atoms with E-state index in [9.17, 15) is 0 Å². The highest BCUT2D eigenvalue weighted by Crippen LogP contribution is 2.23. The maximum absolute atomic E-state index is 5.12. The van der Waals surface area contributed by atoms with Gasteiger partial charge in [-0.2, -0.15) is 0 Å². The van der Waals surface area contributed by atoms with Crippen LogP contribution in [0.4, 0.5) is 0 Å². The molecule has 0 aliphatic rings. The van der Waals surface area contributed by atoms with Crippen molar-refractivity contribution in [2.45, 2.75) is 3.79 Å². The zero-order valence-corrected chi connectivity index (χ0v) is 6.41. The summed E-state index contributed by atoms with van der Waals surface area (Å²) >= 11 is 15.4. The quantitative estimate of drug-likeness (QED) is 0.571. The van der Waals surface area contributed by atoms with E-state index in [4.69, 9.17) is 40.5 Å². The number of hydrogen-bond donors (Lipinski definition) is 1. The van der Waals surface area contributed by atoms with Crippen molar-refractivity contribution in [3.63, 3.8) is 0 Å². The molecule has 0 aromatic carbocycles. The Bertz CT molecular complexity index is 39.4. The predicted octanol–water partition coefficient (Wildman–Crippen LogP) is 1.74. The molecule has 46 valence electrons. The third-order valence-electron chi connectivity index (χ3n) is 0.231. The van der Waals surface area contributed by atoms with E-state index < -0.39 is 3.79 Å². The average Bonchev–Trinajstić information content (AvgIpc) is 1.35. The van der Waals surface area contributed by atoms with Gasteiger partial charge >= 0.3 is 0 Å². The molecule has 0 radical (unpaired) electrons. The van der Waals surface area contributed by atoms with Gasteiger partial charge < -0.3 is 5.73 Å². The third-order valence-corrected chi connectivity index (χ3v) is 0.694. The lowest BCUT2D eigenvalue weighted by Gasteiger charge is -2.02. The molecule has 0 fully saturated rings. The van der Waals surface area contributed by atoms with Crippen LogP contribution in [0.2, 0.25) is 0 Å². The first-order valence-electron chi connectivity index (χ1n) is 1.33. The van der Waals surface area contributed by atoms with Crippen LogP contribution in [-0.2, 0) is 0 Å². The van der Waals surface area contributed by atoms with Gasteiger partial charge in [0.1, 0.15) is 0 Å². The summed E-state index contributed by atoms with van der Waals surface area (Å²) < 4.78 is -1.26. The standard InChI is InChI=1S/C2H4Cl3N.ClH/c3-2(4,5)1-6;/h1,6H2;1H. The Hall–Kier alpha value is 1.12. The summed E-state index contributed by atoms with van der Waals surface area (Å²) in [6, 6.07) is 0. The summed E-state index contributed by atoms with van der Waals surface area (Å²) in [5.74, 6) is 0. The van der Waals surface area contributed by atoms with Crippen LogP contribution in [0.5, 0.6) is 0 Å². The lowest BCUT2D eigenvalue weighted by atomic mass is 10.8. The van der Waals surface area contributed by atoms with Gasteiger partial charge in [-0.05, 0) is 0 Å². The maximum atomic E-state index is 5.12. The van der Waals surface area contributed by atoms with Crippen molar-refractivity contribution >= 4 is 47.2 Å². The Morgan fingerprint density at radius 3 is 1.43 bits per heavy atom. The highest BCUT2D eigenvalue weighted by Gasteiger charge is 2.14. The molecule has 0 aliphatic carbocycles. The molecule has 0 spiro atoms. The smallest absolute Gasteiger partial charge is 0.202 e. The predicted molar refractivity (Wildman–Crippen MR) is 36.6 cm³/mol. The summed E-state index contributed by atoms with van der Waals surface area (Å²) in [7, 11) is 0. The van der Waals surface area contributed by atoms with Crippen molar-refractivity contribution in [2.24, 2.45) is 5.73 Å². The molecule has 5 heteroatoms. The van der Waals surface area contributed by atoms with Gasteiger partial charge in [-0.1, -0.05) is 34.8 Å². The first-order chi connectivity index (χ1) is 2.56. The normalized spacial score (nSPS) is 10.3. The molecular formula is C2H5Cl4N. The van der Waals surface area contributed by atoms with Crippen LogP contribution in [0, 0.1) is 0 Å². The van der Waals surface area contributed by atoms with Gasteiger partial charge in [0.05, 0.1) is 0 Å². The highest BCUT2D eigenvalue weighted by molar-refractivity contribution is 6.67. The van der Waals surface area contributed by atoms with E-state index >= 15 is 0 Å². The molecule has 0 aromatic rings. The summed E-state index contributed by atoms with van der Waals surface area (Å²) in [6.45, 7) is 0.0671. The Kier molecular flexibility index (Phi) is 6.35. The topological polar surface area (TPSA) is 26.0 Å². The highest BCUT2D eigenvalue weighted by atomic mass is 35.6. The van der Waals surface area contributed by atoms with Crippen molar-refractivity contribution in [3.05, 3.63) is 0 Å². The average molecular weight is 185 g/mol. The zero-order chi connectivity index (χ0) is 5.21. The molecule has 0 saturated carbocycles. The van der Waals surface area contributed by atoms with E-state index in [1.165, 1.54) is 0 Å². The van der Waals surface area contributed by atoms with Crippen LogP contribution >= 0.6 is 47.2 Å². The Balaban J connectivity index is 0. The summed E-state index contributed by atoms with van der Waals surface area (Å²) in [5.41, 5.74) is 4.91. The van der Waals surface area contributed by atoms with Crippen molar-refractivity contribution in [1.82, 2.24) is 0 Å². The minimum Gasteiger partial charge on any atom is -0.327 e. The number of hydrogen-bond acceptors (Lipinski definition) is 1. The largest absolute Gasteiger partial charge is 0.327 e. The number of rotatable bonds is 0. The lowest BCUT2D eigenvalue weighted by molar-refractivity contribution is 1.02. The monoisotopic (exact) mass is 183 g/mol. The van der Waals surface area contributed by atoms with Crippen LogP contribution in [0.25, 0.3) is 0 Å². The van der Waals surface area contributed by atoms with Gasteiger partial charge in [0, 0.05) is 6.54 Å². The summed E-state index contributed by atoms with van der Waals surface area (Å²) in [5, 5.41) is 0. The fraction of sp³-hybridized carbons (Fsp3) is 1.00. The van der Waals surface area contributed by atoms with Crippen LogP contribution in [0.1, 0.15) is 0 Å². The molecular weight excluding hydrogens is 180 g/mol. The molecule has 1 nitrogen and oxygen atoms in total. The second-order valence-electron chi connectivity index (χ2n) is 0.819. The second kappa shape index (κ2) is 4.04.